The van der Waals surface area contributed by atoms with Crippen LogP contribution in [0, 0.1) is 18.8 Å². The molecule has 17 heavy (non-hydrogen) atoms. The Morgan fingerprint density at radius 1 is 1.35 bits per heavy atom. The third-order valence-electron chi connectivity index (χ3n) is 4.89. The van der Waals surface area contributed by atoms with E-state index in [2.05, 4.69) is 17.6 Å². The molecule has 92 valence electrons. The number of nitrogens with one attached hydrogen (secondary N) is 1. The number of fused-ring (bicyclic) bond motifs is 2. The summed E-state index contributed by atoms with van der Waals surface area (Å²) in [6, 6.07) is 0.790. The van der Waals surface area contributed by atoms with Crippen molar-refractivity contribution in [3.05, 3.63) is 16.1 Å². The number of aryl methyl sites for hydroxylation is 1. The lowest BCUT2D eigenvalue weighted by Gasteiger charge is -2.37. The maximum atomic E-state index is 4.82. The monoisotopic (exact) mass is 248 g/mol. The molecule has 2 bridgehead atoms. The van der Waals surface area contributed by atoms with Gasteiger partial charge >= 0.3 is 0 Å². The zero-order valence-corrected chi connectivity index (χ0v) is 11.2. The molecule has 3 aliphatic carbocycles. The molecule has 3 fully saturated rings. The Morgan fingerprint density at radius 3 is 2.76 bits per heavy atom. The van der Waals surface area contributed by atoms with Gasteiger partial charge in [-0.25, -0.2) is 4.98 Å². The van der Waals surface area contributed by atoms with Crippen molar-refractivity contribution in [2.75, 3.05) is 0 Å². The Balaban J connectivity index is 1.72. The predicted octanol–water partition coefficient (Wildman–Crippen LogP) is 3.22. The number of rotatable bonds is 3. The molecule has 1 aromatic rings. The van der Waals surface area contributed by atoms with Crippen LogP contribution >= 0.6 is 11.3 Å². The quantitative estimate of drug-likeness (QED) is 0.888. The van der Waals surface area contributed by atoms with Crippen LogP contribution in [0.5, 0.6) is 0 Å². The smallest absolute Gasteiger partial charge is 0.113 e. The van der Waals surface area contributed by atoms with Gasteiger partial charge in [-0.15, -0.1) is 11.3 Å². The summed E-state index contributed by atoms with van der Waals surface area (Å²) < 4.78 is 0. The summed E-state index contributed by atoms with van der Waals surface area (Å²) in [7, 11) is 0. The van der Waals surface area contributed by atoms with Crippen LogP contribution in [0.25, 0.3) is 0 Å². The first-order chi connectivity index (χ1) is 8.26. The van der Waals surface area contributed by atoms with Crippen molar-refractivity contribution in [3.8, 4) is 0 Å². The zero-order valence-electron chi connectivity index (χ0n) is 10.4. The van der Waals surface area contributed by atoms with Gasteiger partial charge in [0, 0.05) is 17.1 Å². The van der Waals surface area contributed by atoms with Crippen molar-refractivity contribution in [1.82, 2.24) is 10.3 Å². The van der Waals surface area contributed by atoms with E-state index in [9.17, 15) is 0 Å². The van der Waals surface area contributed by atoms with Crippen LogP contribution in [0.1, 0.15) is 49.2 Å². The molecule has 3 aliphatic rings. The molecule has 0 aliphatic heterocycles. The van der Waals surface area contributed by atoms with Crippen LogP contribution < -0.4 is 5.32 Å². The van der Waals surface area contributed by atoms with E-state index < -0.39 is 0 Å². The Labute approximate surface area is 107 Å². The topological polar surface area (TPSA) is 24.9 Å². The summed E-state index contributed by atoms with van der Waals surface area (Å²) in [5, 5.41) is 7.58. The summed E-state index contributed by atoms with van der Waals surface area (Å²) >= 11 is 1.88. The number of thiazole rings is 1. The maximum Gasteiger partial charge on any atom is 0.113 e. The second-order valence-electron chi connectivity index (χ2n) is 6.26. The van der Waals surface area contributed by atoms with E-state index in [0.29, 0.717) is 0 Å². The van der Waals surface area contributed by atoms with Crippen LogP contribution in [0.4, 0.5) is 0 Å². The van der Waals surface area contributed by atoms with Crippen LogP contribution in [0.2, 0.25) is 0 Å². The molecule has 0 saturated heterocycles. The van der Waals surface area contributed by atoms with Crippen LogP contribution in [0.15, 0.2) is 5.38 Å². The number of aromatic nitrogens is 1. The average molecular weight is 248 g/mol. The largest absolute Gasteiger partial charge is 0.302 e. The minimum atomic E-state index is 0.267. The standard InChI is InChI=1S/C14H20N2S/c1-9-8-17-13(15-9)14(16-12-4-5-12)7-10-2-3-11(14)6-10/h8,10-12,16H,2-7H2,1H3. The molecule has 1 aromatic heterocycles. The molecule has 3 saturated carbocycles. The van der Waals surface area contributed by atoms with E-state index in [4.69, 9.17) is 4.98 Å². The fourth-order valence-corrected chi connectivity index (χ4v) is 5.03. The third-order valence-corrected chi connectivity index (χ3v) is 6.03. The zero-order chi connectivity index (χ0) is 11.5. The van der Waals surface area contributed by atoms with Crippen molar-refractivity contribution in [1.29, 1.82) is 0 Å². The minimum absolute atomic E-state index is 0.267. The van der Waals surface area contributed by atoms with Crippen LogP contribution in [-0.4, -0.2) is 11.0 Å². The molecule has 1 N–H and O–H groups in total. The van der Waals surface area contributed by atoms with Gasteiger partial charge in [-0.2, -0.15) is 0 Å². The van der Waals surface area contributed by atoms with Gasteiger partial charge in [0.05, 0.1) is 5.54 Å². The highest BCUT2D eigenvalue weighted by Gasteiger charge is 2.54. The van der Waals surface area contributed by atoms with Crippen molar-refractivity contribution >= 4 is 11.3 Å². The van der Waals surface area contributed by atoms with Crippen LogP contribution in [0.3, 0.4) is 0 Å². The van der Waals surface area contributed by atoms with Gasteiger partial charge in [-0.1, -0.05) is 6.42 Å². The van der Waals surface area contributed by atoms with Gasteiger partial charge in [0.15, 0.2) is 0 Å². The number of nitrogens with zero attached hydrogens (tertiary/aromatic N) is 1. The van der Waals surface area contributed by atoms with E-state index in [0.717, 1.165) is 17.9 Å². The predicted molar refractivity (Wildman–Crippen MR) is 70.1 cm³/mol. The number of hydrogen-bond acceptors (Lipinski definition) is 3. The molecule has 2 nitrogen and oxygen atoms in total. The molecular formula is C14H20N2S. The van der Waals surface area contributed by atoms with E-state index in [1.165, 1.54) is 49.2 Å². The van der Waals surface area contributed by atoms with Gasteiger partial charge in [-0.3, -0.25) is 0 Å². The van der Waals surface area contributed by atoms with Gasteiger partial charge in [0.1, 0.15) is 5.01 Å². The maximum absolute atomic E-state index is 4.82. The fraction of sp³-hybridized carbons (Fsp3) is 0.786. The van der Waals surface area contributed by atoms with Gasteiger partial charge in [-0.05, 0) is 50.9 Å². The summed E-state index contributed by atoms with van der Waals surface area (Å²) in [6.45, 7) is 2.12. The minimum Gasteiger partial charge on any atom is -0.302 e. The normalized spacial score (nSPS) is 40.1. The summed E-state index contributed by atoms with van der Waals surface area (Å²) in [6.07, 6.45) is 8.43. The van der Waals surface area contributed by atoms with Crippen molar-refractivity contribution in [2.45, 2.75) is 57.0 Å². The van der Waals surface area contributed by atoms with Gasteiger partial charge in [0.2, 0.25) is 0 Å². The molecule has 3 atom stereocenters. The molecule has 4 rings (SSSR count). The Hall–Kier alpha value is -0.410. The molecule has 3 heteroatoms. The first kappa shape index (κ1) is 10.5. The van der Waals surface area contributed by atoms with Crippen molar-refractivity contribution < 1.29 is 0 Å². The second-order valence-corrected chi connectivity index (χ2v) is 7.12. The molecule has 1 heterocycles. The molecule has 0 amide bonds. The summed E-state index contributed by atoms with van der Waals surface area (Å²) in [5.74, 6) is 1.83. The second kappa shape index (κ2) is 3.55. The lowest BCUT2D eigenvalue weighted by atomic mass is 9.81. The van der Waals surface area contributed by atoms with Crippen molar-refractivity contribution in [3.63, 3.8) is 0 Å². The van der Waals surface area contributed by atoms with Crippen molar-refractivity contribution in [2.24, 2.45) is 11.8 Å². The van der Waals surface area contributed by atoms with Crippen LogP contribution in [-0.2, 0) is 5.54 Å². The molecule has 0 aromatic carbocycles. The van der Waals surface area contributed by atoms with Gasteiger partial charge < -0.3 is 5.32 Å². The first-order valence-electron chi connectivity index (χ1n) is 6.96. The van der Waals surface area contributed by atoms with Gasteiger partial charge in [0.25, 0.3) is 0 Å². The third kappa shape index (κ3) is 1.59. The lowest BCUT2D eigenvalue weighted by molar-refractivity contribution is 0.206. The Kier molecular flexibility index (Phi) is 2.19. The van der Waals surface area contributed by atoms with E-state index in [1.807, 2.05) is 11.3 Å². The molecule has 0 radical (unpaired) electrons. The molecule has 0 spiro atoms. The first-order valence-corrected chi connectivity index (χ1v) is 7.84. The molecular weight excluding hydrogens is 228 g/mol. The lowest BCUT2D eigenvalue weighted by Crippen LogP contribution is -2.47. The Morgan fingerprint density at radius 2 is 2.24 bits per heavy atom. The highest BCUT2D eigenvalue weighted by atomic mass is 32.1. The van der Waals surface area contributed by atoms with E-state index in [-0.39, 0.29) is 5.54 Å². The summed E-state index contributed by atoms with van der Waals surface area (Å²) in [4.78, 5) is 4.82. The highest BCUT2D eigenvalue weighted by Crippen LogP contribution is 2.56. The molecule has 3 unspecified atom stereocenters. The average Bonchev–Trinajstić information content (AvgIpc) is 2.77. The van der Waals surface area contributed by atoms with E-state index in [1.54, 1.807) is 0 Å². The SMILES string of the molecule is Cc1csc(C2(NC3CC3)CC3CCC2C3)n1. The highest BCUT2D eigenvalue weighted by molar-refractivity contribution is 7.09. The number of hydrogen-bond donors (Lipinski definition) is 1. The van der Waals surface area contributed by atoms with E-state index >= 15 is 0 Å². The Bertz CT molecular complexity index is 437. The fourth-order valence-electron chi connectivity index (χ4n) is 3.98. The summed E-state index contributed by atoms with van der Waals surface area (Å²) in [5.41, 5.74) is 1.47.